The zero-order valence-corrected chi connectivity index (χ0v) is 19.9. The average Bonchev–Trinajstić information content (AvgIpc) is 2.68. The Balaban J connectivity index is 2.59. The summed E-state index contributed by atoms with van der Waals surface area (Å²) in [6.07, 6.45) is 0.390. The number of amides is 2. The lowest BCUT2D eigenvalue weighted by Gasteiger charge is -2.26. The fourth-order valence-electron chi connectivity index (χ4n) is 2.81. The minimum absolute atomic E-state index is 0.0272. The molecule has 0 aliphatic rings. The van der Waals surface area contributed by atoms with Crippen molar-refractivity contribution in [3.8, 4) is 5.75 Å². The van der Waals surface area contributed by atoms with E-state index in [2.05, 4.69) is 39.9 Å². The topological polar surface area (TPSA) is 88.1 Å². The number of urea groups is 1. The number of nitrogens with one attached hydrogen (secondary N) is 1. The van der Waals surface area contributed by atoms with Gasteiger partial charge in [0.2, 0.25) is 0 Å². The standard InChI is InChI=1S/C24H40N2O5/c1-7-30-21(22(27)28)16-19-8-10-20(11-9-19)31-15-14-26(13-12-18(2)3)23(29)25-17-24(4,5)6/h8-11,18,21H,7,12-17H2,1-6H3,(H,25,29)(H,27,28). The maximum Gasteiger partial charge on any atom is 0.333 e. The molecule has 0 radical (unpaired) electrons. The van der Waals surface area contributed by atoms with Gasteiger partial charge in [-0.2, -0.15) is 0 Å². The summed E-state index contributed by atoms with van der Waals surface area (Å²) in [5, 5.41) is 12.2. The van der Waals surface area contributed by atoms with Crippen molar-refractivity contribution in [1.29, 1.82) is 0 Å². The van der Waals surface area contributed by atoms with Gasteiger partial charge in [0.1, 0.15) is 12.4 Å². The minimum atomic E-state index is -0.964. The quantitative estimate of drug-likeness (QED) is 0.484. The van der Waals surface area contributed by atoms with E-state index in [-0.39, 0.29) is 11.4 Å². The molecule has 31 heavy (non-hydrogen) atoms. The number of hydrogen-bond acceptors (Lipinski definition) is 4. The van der Waals surface area contributed by atoms with Gasteiger partial charge in [-0.05, 0) is 42.4 Å². The van der Waals surface area contributed by atoms with Gasteiger partial charge in [-0.25, -0.2) is 9.59 Å². The fourth-order valence-corrected chi connectivity index (χ4v) is 2.81. The Hall–Kier alpha value is -2.28. The van der Waals surface area contributed by atoms with Gasteiger partial charge in [0, 0.05) is 26.1 Å². The van der Waals surface area contributed by atoms with Crippen LogP contribution in [0.3, 0.4) is 0 Å². The Morgan fingerprint density at radius 3 is 2.29 bits per heavy atom. The predicted molar refractivity (Wildman–Crippen MR) is 123 cm³/mol. The lowest BCUT2D eigenvalue weighted by molar-refractivity contribution is -0.149. The van der Waals surface area contributed by atoms with Crippen LogP contribution in [0.15, 0.2) is 24.3 Å². The van der Waals surface area contributed by atoms with Crippen LogP contribution in [0.5, 0.6) is 5.75 Å². The highest BCUT2D eigenvalue weighted by molar-refractivity contribution is 5.74. The number of ether oxygens (including phenoxy) is 2. The van der Waals surface area contributed by atoms with Crippen LogP contribution >= 0.6 is 0 Å². The molecule has 176 valence electrons. The summed E-state index contributed by atoms with van der Waals surface area (Å²) < 4.78 is 11.1. The molecule has 7 nitrogen and oxygen atoms in total. The molecule has 0 aromatic heterocycles. The zero-order chi connectivity index (χ0) is 23.4. The molecule has 0 heterocycles. The van der Waals surface area contributed by atoms with Gasteiger partial charge in [-0.15, -0.1) is 0 Å². The van der Waals surface area contributed by atoms with Gasteiger partial charge in [0.05, 0.1) is 6.54 Å². The van der Waals surface area contributed by atoms with E-state index >= 15 is 0 Å². The van der Waals surface area contributed by atoms with Gasteiger partial charge in [-0.3, -0.25) is 0 Å². The Kier molecular flexibility index (Phi) is 11.4. The van der Waals surface area contributed by atoms with E-state index < -0.39 is 12.1 Å². The number of aliphatic carboxylic acids is 1. The fraction of sp³-hybridized carbons (Fsp3) is 0.667. The molecule has 0 aliphatic carbocycles. The molecule has 2 amide bonds. The molecule has 1 aromatic rings. The summed E-state index contributed by atoms with van der Waals surface area (Å²) >= 11 is 0. The predicted octanol–water partition coefficient (Wildman–Crippen LogP) is 4.20. The van der Waals surface area contributed by atoms with E-state index in [4.69, 9.17) is 9.47 Å². The molecule has 0 aliphatic heterocycles. The van der Waals surface area contributed by atoms with Gasteiger partial charge >= 0.3 is 12.0 Å². The van der Waals surface area contributed by atoms with Gasteiger partial charge in [0.25, 0.3) is 0 Å². The molecule has 0 bridgehead atoms. The van der Waals surface area contributed by atoms with E-state index in [9.17, 15) is 14.7 Å². The number of carboxylic acid groups (broad SMARTS) is 1. The summed E-state index contributed by atoms with van der Waals surface area (Å²) in [4.78, 5) is 25.6. The molecule has 2 N–H and O–H groups in total. The van der Waals surface area contributed by atoms with E-state index in [0.29, 0.717) is 50.9 Å². The SMILES string of the molecule is CCOC(Cc1ccc(OCCN(CCC(C)C)C(=O)NCC(C)(C)C)cc1)C(=O)O. The highest BCUT2D eigenvalue weighted by Crippen LogP contribution is 2.15. The third-order valence-corrected chi connectivity index (χ3v) is 4.65. The van der Waals surface area contributed by atoms with Crippen molar-refractivity contribution in [2.45, 2.75) is 60.5 Å². The van der Waals surface area contributed by atoms with Crippen molar-refractivity contribution < 1.29 is 24.2 Å². The molecule has 0 fully saturated rings. The van der Waals surface area contributed by atoms with Crippen LogP contribution in [0.25, 0.3) is 0 Å². The van der Waals surface area contributed by atoms with E-state index in [1.165, 1.54) is 0 Å². The lowest BCUT2D eigenvalue weighted by atomic mass is 9.97. The number of carbonyl (C=O) groups excluding carboxylic acids is 1. The molecule has 1 rings (SSSR count). The summed E-state index contributed by atoms with van der Waals surface area (Å²) in [6, 6.07) is 7.26. The molecule has 0 spiro atoms. The van der Waals surface area contributed by atoms with Gasteiger partial charge < -0.3 is 24.8 Å². The van der Waals surface area contributed by atoms with Crippen molar-refractivity contribution in [2.24, 2.45) is 11.3 Å². The third kappa shape index (κ3) is 11.6. The van der Waals surface area contributed by atoms with Crippen molar-refractivity contribution in [3.63, 3.8) is 0 Å². The minimum Gasteiger partial charge on any atom is -0.492 e. The number of rotatable bonds is 13. The first-order valence-corrected chi connectivity index (χ1v) is 11.1. The van der Waals surface area contributed by atoms with Crippen molar-refractivity contribution >= 4 is 12.0 Å². The smallest absolute Gasteiger partial charge is 0.333 e. The van der Waals surface area contributed by atoms with Crippen LogP contribution in [0.1, 0.15) is 53.5 Å². The molecule has 0 saturated carbocycles. The number of carboxylic acids is 1. The monoisotopic (exact) mass is 436 g/mol. The number of nitrogens with zero attached hydrogens (tertiary/aromatic N) is 1. The van der Waals surface area contributed by atoms with Crippen LogP contribution in [-0.4, -0.2) is 61.0 Å². The summed E-state index contributed by atoms with van der Waals surface area (Å²) in [5.74, 6) is 0.233. The Labute approximate surface area is 187 Å². The van der Waals surface area contributed by atoms with Crippen molar-refractivity contribution in [3.05, 3.63) is 29.8 Å². The second-order valence-corrected chi connectivity index (χ2v) is 9.37. The molecule has 0 saturated heterocycles. The number of carbonyl (C=O) groups is 2. The Bertz CT molecular complexity index is 668. The van der Waals surface area contributed by atoms with E-state index in [1.807, 2.05) is 24.3 Å². The first-order chi connectivity index (χ1) is 14.5. The number of hydrogen-bond donors (Lipinski definition) is 2. The molecular formula is C24H40N2O5. The molecule has 1 aromatic carbocycles. The normalized spacial score (nSPS) is 12.5. The molecule has 1 unspecified atom stereocenters. The first-order valence-electron chi connectivity index (χ1n) is 11.1. The second kappa shape index (κ2) is 13.2. The molecular weight excluding hydrogens is 396 g/mol. The van der Waals surface area contributed by atoms with Crippen LogP contribution in [0.2, 0.25) is 0 Å². The van der Waals surface area contributed by atoms with Crippen molar-refractivity contribution in [2.75, 3.05) is 32.8 Å². The highest BCUT2D eigenvalue weighted by Gasteiger charge is 2.19. The van der Waals surface area contributed by atoms with Crippen molar-refractivity contribution in [1.82, 2.24) is 10.2 Å². The zero-order valence-electron chi connectivity index (χ0n) is 19.9. The first kappa shape index (κ1) is 26.8. The highest BCUT2D eigenvalue weighted by atomic mass is 16.5. The van der Waals surface area contributed by atoms with E-state index in [1.54, 1.807) is 11.8 Å². The van der Waals surface area contributed by atoms with Crippen LogP contribution in [0, 0.1) is 11.3 Å². The summed E-state index contributed by atoms with van der Waals surface area (Å²) in [6.45, 7) is 14.9. The average molecular weight is 437 g/mol. The van der Waals surface area contributed by atoms with Gasteiger partial charge in [0.15, 0.2) is 6.10 Å². The third-order valence-electron chi connectivity index (χ3n) is 4.65. The molecule has 1 atom stereocenters. The maximum atomic E-state index is 12.6. The van der Waals surface area contributed by atoms with Crippen LogP contribution < -0.4 is 10.1 Å². The molecule has 7 heteroatoms. The largest absolute Gasteiger partial charge is 0.492 e. The lowest BCUT2D eigenvalue weighted by Crippen LogP contribution is -2.45. The Morgan fingerprint density at radius 2 is 1.77 bits per heavy atom. The van der Waals surface area contributed by atoms with Gasteiger partial charge in [-0.1, -0.05) is 46.8 Å². The Morgan fingerprint density at radius 1 is 1.13 bits per heavy atom. The van der Waals surface area contributed by atoms with Crippen LogP contribution in [-0.2, 0) is 16.0 Å². The maximum absolute atomic E-state index is 12.6. The second-order valence-electron chi connectivity index (χ2n) is 9.37. The summed E-state index contributed by atoms with van der Waals surface area (Å²) in [5.41, 5.74) is 0.896. The van der Waals surface area contributed by atoms with E-state index in [0.717, 1.165) is 12.0 Å². The van der Waals surface area contributed by atoms with Crippen LogP contribution in [0.4, 0.5) is 4.79 Å². The number of benzene rings is 1. The summed E-state index contributed by atoms with van der Waals surface area (Å²) in [7, 11) is 0.